The van der Waals surface area contributed by atoms with Gasteiger partial charge in [-0.25, -0.2) is 0 Å². The molecule has 0 aromatic carbocycles. The molecule has 1 heterocycles. The summed E-state index contributed by atoms with van der Waals surface area (Å²) in [4.78, 5) is 0. The molecule has 1 saturated heterocycles. The molecule has 1 aliphatic heterocycles. The minimum absolute atomic E-state index is 0.521. The standard InChI is InChI=1S/C22H36N2/c1-14-18-6-7-20-17-5-4-15-12-16(23-3)8-10-21(15,2)19(17)9-11-22(18,20)13-24-14/h4,14,16-20,23-24H,5-13H2,1-3H3/t14-,16-,17+,18+,19-,20-,21-,22-/m0/s1. The molecule has 2 heteroatoms. The molecule has 0 aromatic heterocycles. The highest BCUT2D eigenvalue weighted by atomic mass is 15.0. The van der Waals surface area contributed by atoms with Gasteiger partial charge in [-0.05, 0) is 99.8 Å². The van der Waals surface area contributed by atoms with Gasteiger partial charge in [-0.1, -0.05) is 18.6 Å². The fourth-order valence-electron chi connectivity index (χ4n) is 8.35. The molecule has 5 aliphatic rings. The van der Waals surface area contributed by atoms with Gasteiger partial charge in [0.05, 0.1) is 0 Å². The Morgan fingerprint density at radius 2 is 1.92 bits per heavy atom. The Morgan fingerprint density at radius 3 is 2.75 bits per heavy atom. The first-order valence-electron chi connectivity index (χ1n) is 10.7. The van der Waals surface area contributed by atoms with E-state index in [0.29, 0.717) is 10.8 Å². The molecule has 1 spiro atoms. The highest BCUT2D eigenvalue weighted by Crippen LogP contribution is 2.67. The van der Waals surface area contributed by atoms with Crippen LogP contribution >= 0.6 is 0 Å². The van der Waals surface area contributed by atoms with Gasteiger partial charge in [0.2, 0.25) is 0 Å². The van der Waals surface area contributed by atoms with Gasteiger partial charge in [0.15, 0.2) is 0 Å². The first kappa shape index (κ1) is 15.9. The van der Waals surface area contributed by atoms with Crippen LogP contribution in [-0.2, 0) is 0 Å². The van der Waals surface area contributed by atoms with Crippen molar-refractivity contribution in [2.45, 2.75) is 77.3 Å². The Hall–Kier alpha value is -0.340. The van der Waals surface area contributed by atoms with Crippen molar-refractivity contribution in [1.29, 1.82) is 0 Å². The first-order chi connectivity index (χ1) is 11.6. The Morgan fingerprint density at radius 1 is 1.08 bits per heavy atom. The number of rotatable bonds is 1. The van der Waals surface area contributed by atoms with E-state index in [1.54, 1.807) is 0 Å². The second kappa shape index (κ2) is 5.33. The van der Waals surface area contributed by atoms with Gasteiger partial charge in [-0.2, -0.15) is 0 Å². The average molecular weight is 329 g/mol. The lowest BCUT2D eigenvalue weighted by molar-refractivity contribution is -0.0380. The molecule has 0 bridgehead atoms. The summed E-state index contributed by atoms with van der Waals surface area (Å²) in [7, 11) is 2.15. The molecule has 2 N–H and O–H groups in total. The summed E-state index contributed by atoms with van der Waals surface area (Å²) in [6.45, 7) is 6.41. The van der Waals surface area contributed by atoms with Crippen molar-refractivity contribution < 1.29 is 0 Å². The fourth-order valence-corrected chi connectivity index (χ4v) is 8.35. The van der Waals surface area contributed by atoms with E-state index in [4.69, 9.17) is 0 Å². The van der Waals surface area contributed by atoms with Crippen molar-refractivity contribution in [2.75, 3.05) is 13.6 Å². The van der Waals surface area contributed by atoms with Crippen molar-refractivity contribution in [3.05, 3.63) is 11.6 Å². The predicted molar refractivity (Wildman–Crippen MR) is 99.8 cm³/mol. The van der Waals surface area contributed by atoms with Crippen molar-refractivity contribution in [2.24, 2.45) is 34.5 Å². The molecular weight excluding hydrogens is 292 g/mol. The van der Waals surface area contributed by atoms with E-state index in [9.17, 15) is 0 Å². The maximum absolute atomic E-state index is 3.86. The zero-order valence-electron chi connectivity index (χ0n) is 15.9. The van der Waals surface area contributed by atoms with E-state index in [1.165, 1.54) is 57.9 Å². The maximum Gasteiger partial charge on any atom is 0.0102 e. The van der Waals surface area contributed by atoms with Gasteiger partial charge in [0.1, 0.15) is 0 Å². The summed E-state index contributed by atoms with van der Waals surface area (Å²) in [5, 5.41) is 7.41. The topological polar surface area (TPSA) is 24.1 Å². The van der Waals surface area contributed by atoms with Crippen LogP contribution < -0.4 is 10.6 Å². The third-order valence-corrected chi connectivity index (χ3v) is 9.65. The molecule has 0 radical (unpaired) electrons. The van der Waals surface area contributed by atoms with Gasteiger partial charge in [0, 0.05) is 18.6 Å². The summed E-state index contributed by atoms with van der Waals surface area (Å²) >= 11 is 0. The largest absolute Gasteiger partial charge is 0.317 e. The predicted octanol–water partition coefficient (Wildman–Crippen LogP) is 4.13. The van der Waals surface area contributed by atoms with Crippen LogP contribution in [0.4, 0.5) is 0 Å². The molecule has 0 unspecified atom stereocenters. The van der Waals surface area contributed by atoms with Crippen LogP contribution in [-0.4, -0.2) is 25.7 Å². The third-order valence-electron chi connectivity index (χ3n) is 9.65. The normalized spacial score (nSPS) is 56.0. The minimum atomic E-state index is 0.521. The molecule has 3 saturated carbocycles. The van der Waals surface area contributed by atoms with Gasteiger partial charge in [-0.3, -0.25) is 0 Å². The Kier molecular flexibility index (Phi) is 3.53. The number of hydrogen-bond acceptors (Lipinski definition) is 2. The monoisotopic (exact) mass is 328 g/mol. The molecule has 0 amide bonds. The summed E-state index contributed by atoms with van der Waals surface area (Å²) < 4.78 is 0. The van der Waals surface area contributed by atoms with Crippen LogP contribution in [0.2, 0.25) is 0 Å². The lowest BCUT2D eigenvalue weighted by Gasteiger charge is -2.58. The van der Waals surface area contributed by atoms with Crippen molar-refractivity contribution in [1.82, 2.24) is 10.6 Å². The van der Waals surface area contributed by atoms with Crippen LogP contribution in [0.3, 0.4) is 0 Å². The third kappa shape index (κ3) is 1.91. The Labute approximate surface area is 148 Å². The number of nitrogens with one attached hydrogen (secondary N) is 2. The van der Waals surface area contributed by atoms with Crippen LogP contribution in [0.1, 0.15) is 65.2 Å². The summed E-state index contributed by atoms with van der Waals surface area (Å²) in [5.41, 5.74) is 3.01. The first-order valence-corrected chi connectivity index (χ1v) is 10.7. The molecule has 4 fully saturated rings. The second-order valence-electron chi connectivity index (χ2n) is 10.1. The number of fused-ring (bicyclic) bond motifs is 4. The SMILES string of the molecule is CN[C@H]1CC[C@@]2(C)C(=CC[C@H]3[C@@H]4CC[C@@H]5[C@H](C)NC[C@@]54CC[C@@H]32)C1. The highest BCUT2D eigenvalue weighted by Gasteiger charge is 2.62. The minimum Gasteiger partial charge on any atom is -0.317 e. The number of allylic oxidation sites excluding steroid dienone is 1. The molecule has 24 heavy (non-hydrogen) atoms. The maximum atomic E-state index is 3.86. The Bertz CT molecular complexity index is 554. The van der Waals surface area contributed by atoms with Crippen LogP contribution in [0, 0.1) is 34.5 Å². The van der Waals surface area contributed by atoms with Crippen LogP contribution in [0.15, 0.2) is 11.6 Å². The molecular formula is C22H36N2. The van der Waals surface area contributed by atoms with Gasteiger partial charge in [-0.15, -0.1) is 0 Å². The summed E-state index contributed by atoms with van der Waals surface area (Å²) in [6, 6.07) is 1.49. The number of hydrogen-bond donors (Lipinski definition) is 2. The summed E-state index contributed by atoms with van der Waals surface area (Å²) in [6.07, 6.45) is 14.3. The zero-order chi connectivity index (χ0) is 16.5. The van der Waals surface area contributed by atoms with E-state index < -0.39 is 0 Å². The van der Waals surface area contributed by atoms with Crippen molar-refractivity contribution >= 4 is 0 Å². The average Bonchev–Trinajstić information content (AvgIpc) is 3.12. The smallest absolute Gasteiger partial charge is 0.0102 e. The second-order valence-corrected chi connectivity index (χ2v) is 10.1. The molecule has 0 aromatic rings. The lowest BCUT2D eigenvalue weighted by Crippen LogP contribution is -2.52. The lowest BCUT2D eigenvalue weighted by atomic mass is 9.47. The van der Waals surface area contributed by atoms with Gasteiger partial charge < -0.3 is 10.6 Å². The molecule has 8 atom stereocenters. The quantitative estimate of drug-likeness (QED) is 0.707. The Balaban J connectivity index is 1.46. The zero-order valence-corrected chi connectivity index (χ0v) is 15.9. The summed E-state index contributed by atoms with van der Waals surface area (Å²) in [5.74, 6) is 3.94. The van der Waals surface area contributed by atoms with Crippen LogP contribution in [0.5, 0.6) is 0 Å². The molecule has 4 aliphatic carbocycles. The van der Waals surface area contributed by atoms with E-state index >= 15 is 0 Å². The fraction of sp³-hybridized carbons (Fsp3) is 0.909. The van der Waals surface area contributed by atoms with E-state index in [2.05, 4.69) is 37.6 Å². The molecule has 5 rings (SSSR count). The van der Waals surface area contributed by atoms with Crippen molar-refractivity contribution in [3.8, 4) is 0 Å². The van der Waals surface area contributed by atoms with Gasteiger partial charge >= 0.3 is 0 Å². The molecule has 2 nitrogen and oxygen atoms in total. The van der Waals surface area contributed by atoms with Crippen molar-refractivity contribution in [3.63, 3.8) is 0 Å². The van der Waals surface area contributed by atoms with Gasteiger partial charge in [0.25, 0.3) is 0 Å². The van der Waals surface area contributed by atoms with E-state index in [1.807, 2.05) is 5.57 Å². The van der Waals surface area contributed by atoms with Crippen LogP contribution in [0.25, 0.3) is 0 Å². The van der Waals surface area contributed by atoms with E-state index in [0.717, 1.165) is 35.8 Å². The van der Waals surface area contributed by atoms with E-state index in [-0.39, 0.29) is 0 Å². The molecule has 134 valence electrons. The highest BCUT2D eigenvalue weighted by molar-refractivity contribution is 5.26.